The number of esters is 1. The van der Waals surface area contributed by atoms with Crippen LogP contribution in [0.4, 0.5) is 5.69 Å². The maximum atomic E-state index is 12.5. The number of ether oxygens (including phenoxy) is 3. The summed E-state index contributed by atoms with van der Waals surface area (Å²) in [7, 11) is 3.04. The molecule has 1 fully saturated rings. The van der Waals surface area contributed by atoms with Gasteiger partial charge in [-0.2, -0.15) is 0 Å². The fourth-order valence-corrected chi connectivity index (χ4v) is 3.34. The summed E-state index contributed by atoms with van der Waals surface area (Å²) in [6.07, 6.45) is 0.0144. The van der Waals surface area contributed by atoms with Crippen molar-refractivity contribution in [2.24, 2.45) is 5.92 Å². The monoisotopic (exact) mass is 461 g/mol. The zero-order chi connectivity index (χ0) is 21.0. The molecule has 3 rings (SSSR count). The molecule has 0 unspecified atom stereocenters. The Kier molecular flexibility index (Phi) is 6.53. The molecule has 1 heterocycles. The fourth-order valence-electron chi connectivity index (χ4n) is 3.08. The van der Waals surface area contributed by atoms with Gasteiger partial charge < -0.3 is 19.1 Å². The van der Waals surface area contributed by atoms with E-state index in [1.54, 1.807) is 42.5 Å². The second-order valence-corrected chi connectivity index (χ2v) is 7.40. The maximum Gasteiger partial charge on any atom is 0.311 e. The first kappa shape index (κ1) is 20.9. The number of hydrogen-bond donors (Lipinski definition) is 0. The Bertz CT molecular complexity index is 927. The molecular weight excluding hydrogens is 442 g/mol. The van der Waals surface area contributed by atoms with Crippen LogP contribution in [-0.2, 0) is 14.3 Å². The van der Waals surface area contributed by atoms with E-state index in [4.69, 9.17) is 14.2 Å². The summed E-state index contributed by atoms with van der Waals surface area (Å²) in [6, 6.07) is 11.9. The number of rotatable bonds is 7. The van der Waals surface area contributed by atoms with Gasteiger partial charge in [0.1, 0.15) is 11.5 Å². The first-order valence-corrected chi connectivity index (χ1v) is 9.70. The van der Waals surface area contributed by atoms with Crippen molar-refractivity contribution >= 4 is 39.3 Å². The van der Waals surface area contributed by atoms with Crippen LogP contribution in [0.5, 0.6) is 11.5 Å². The van der Waals surface area contributed by atoms with E-state index in [1.807, 2.05) is 0 Å². The van der Waals surface area contributed by atoms with E-state index in [1.165, 1.54) is 19.1 Å². The number of carbonyl (C=O) groups excluding carboxylic acids is 3. The number of ketones is 1. The van der Waals surface area contributed by atoms with Gasteiger partial charge in [0.05, 0.1) is 25.8 Å². The van der Waals surface area contributed by atoms with Crippen LogP contribution in [0.1, 0.15) is 16.8 Å². The molecule has 0 aliphatic carbocycles. The number of benzene rings is 2. The predicted molar refractivity (Wildman–Crippen MR) is 109 cm³/mol. The molecule has 1 saturated heterocycles. The van der Waals surface area contributed by atoms with E-state index in [2.05, 4.69) is 15.9 Å². The number of methoxy groups -OCH3 is 2. The highest BCUT2D eigenvalue weighted by Crippen LogP contribution is 2.36. The highest BCUT2D eigenvalue weighted by molar-refractivity contribution is 9.10. The third-order valence-electron chi connectivity index (χ3n) is 4.65. The van der Waals surface area contributed by atoms with Crippen LogP contribution < -0.4 is 14.4 Å². The van der Waals surface area contributed by atoms with Crippen LogP contribution in [0.2, 0.25) is 0 Å². The molecule has 1 aliphatic rings. The third-order valence-corrected chi connectivity index (χ3v) is 5.18. The Morgan fingerprint density at radius 1 is 1.10 bits per heavy atom. The molecule has 0 N–H and O–H groups in total. The lowest BCUT2D eigenvalue weighted by Gasteiger charge is -2.20. The zero-order valence-corrected chi connectivity index (χ0v) is 17.6. The minimum Gasteiger partial charge on any atom is -0.497 e. The number of hydrogen-bond acceptors (Lipinski definition) is 6. The van der Waals surface area contributed by atoms with Crippen molar-refractivity contribution in [1.29, 1.82) is 0 Å². The third kappa shape index (κ3) is 4.76. The van der Waals surface area contributed by atoms with Gasteiger partial charge in [0.25, 0.3) is 0 Å². The standard InChI is InChI=1S/C21H20BrNO6/c1-27-16-7-8-17(19(10-16)28-2)23-11-14(9-20(23)25)21(26)29-12-18(24)13-3-5-15(22)6-4-13/h3-8,10,14H,9,11-12H2,1-2H3/t14-/m0/s1. The number of anilines is 1. The lowest BCUT2D eigenvalue weighted by atomic mass is 10.1. The van der Waals surface area contributed by atoms with Crippen molar-refractivity contribution in [3.63, 3.8) is 0 Å². The zero-order valence-electron chi connectivity index (χ0n) is 16.0. The first-order chi connectivity index (χ1) is 13.9. The van der Waals surface area contributed by atoms with Crippen molar-refractivity contribution in [3.8, 4) is 11.5 Å². The summed E-state index contributed by atoms with van der Waals surface area (Å²) < 4.78 is 16.5. The van der Waals surface area contributed by atoms with E-state index in [-0.39, 0.29) is 31.3 Å². The van der Waals surface area contributed by atoms with E-state index < -0.39 is 11.9 Å². The second kappa shape index (κ2) is 9.09. The number of carbonyl (C=O) groups is 3. The van der Waals surface area contributed by atoms with E-state index in [0.29, 0.717) is 22.7 Å². The van der Waals surface area contributed by atoms with Crippen LogP contribution in [-0.4, -0.2) is 45.0 Å². The molecule has 1 atom stereocenters. The van der Waals surface area contributed by atoms with E-state index >= 15 is 0 Å². The Morgan fingerprint density at radius 3 is 2.48 bits per heavy atom. The molecule has 0 bridgehead atoms. The molecule has 0 radical (unpaired) electrons. The predicted octanol–water partition coefficient (Wildman–Crippen LogP) is 3.25. The minimum atomic E-state index is -0.646. The lowest BCUT2D eigenvalue weighted by Crippen LogP contribution is -2.27. The number of halogens is 1. The molecule has 0 spiro atoms. The largest absolute Gasteiger partial charge is 0.497 e. The minimum absolute atomic E-state index is 0.0144. The molecule has 1 amide bonds. The van der Waals surface area contributed by atoms with Gasteiger partial charge in [-0.3, -0.25) is 14.4 Å². The molecule has 29 heavy (non-hydrogen) atoms. The molecule has 2 aromatic rings. The Morgan fingerprint density at radius 2 is 1.83 bits per heavy atom. The van der Waals surface area contributed by atoms with Crippen LogP contribution in [0.25, 0.3) is 0 Å². The quantitative estimate of drug-likeness (QED) is 0.464. The highest BCUT2D eigenvalue weighted by atomic mass is 79.9. The molecular formula is C21H20BrNO6. The van der Waals surface area contributed by atoms with Crippen molar-refractivity contribution in [3.05, 3.63) is 52.5 Å². The molecule has 2 aromatic carbocycles. The molecule has 152 valence electrons. The summed E-state index contributed by atoms with van der Waals surface area (Å²) in [5, 5.41) is 0. The SMILES string of the molecule is COc1ccc(N2C[C@@H](C(=O)OCC(=O)c3ccc(Br)cc3)CC2=O)c(OC)c1. The van der Waals surface area contributed by atoms with Gasteiger partial charge in [-0.05, 0) is 24.3 Å². The summed E-state index contributed by atoms with van der Waals surface area (Å²) in [4.78, 5) is 38.5. The lowest BCUT2D eigenvalue weighted by molar-refractivity contribution is -0.147. The topological polar surface area (TPSA) is 82.1 Å². The maximum absolute atomic E-state index is 12.5. The first-order valence-electron chi connectivity index (χ1n) is 8.90. The molecule has 0 aromatic heterocycles. The van der Waals surface area contributed by atoms with Gasteiger partial charge in [-0.1, -0.05) is 28.1 Å². The van der Waals surface area contributed by atoms with Crippen LogP contribution in [0.3, 0.4) is 0 Å². The number of amides is 1. The smallest absolute Gasteiger partial charge is 0.311 e. The summed E-state index contributed by atoms with van der Waals surface area (Å²) in [5.41, 5.74) is 1.01. The van der Waals surface area contributed by atoms with Gasteiger partial charge in [0.15, 0.2) is 12.4 Å². The normalized spacial score (nSPS) is 15.9. The summed E-state index contributed by atoms with van der Waals surface area (Å²) >= 11 is 3.30. The van der Waals surface area contributed by atoms with Crippen molar-refractivity contribution in [2.75, 3.05) is 32.3 Å². The van der Waals surface area contributed by atoms with Gasteiger partial charge in [0.2, 0.25) is 5.91 Å². The summed E-state index contributed by atoms with van der Waals surface area (Å²) in [5.74, 6) is -0.666. The number of nitrogens with zero attached hydrogens (tertiary/aromatic N) is 1. The van der Waals surface area contributed by atoms with Gasteiger partial charge in [-0.15, -0.1) is 0 Å². The average Bonchev–Trinajstić information content (AvgIpc) is 3.13. The van der Waals surface area contributed by atoms with Crippen LogP contribution in [0.15, 0.2) is 46.9 Å². The van der Waals surface area contributed by atoms with Crippen LogP contribution >= 0.6 is 15.9 Å². The molecule has 7 nitrogen and oxygen atoms in total. The van der Waals surface area contributed by atoms with Crippen LogP contribution in [0, 0.1) is 5.92 Å². The Balaban J connectivity index is 1.63. The van der Waals surface area contributed by atoms with Gasteiger partial charge >= 0.3 is 5.97 Å². The fraction of sp³-hybridized carbons (Fsp3) is 0.286. The van der Waals surface area contributed by atoms with Crippen molar-refractivity contribution in [2.45, 2.75) is 6.42 Å². The Labute approximate surface area is 176 Å². The number of Topliss-reactive ketones (excluding diaryl/α,β-unsaturated/α-hetero) is 1. The van der Waals surface area contributed by atoms with Gasteiger partial charge in [0, 0.05) is 29.1 Å². The average molecular weight is 462 g/mol. The molecule has 1 aliphatic heterocycles. The molecule has 0 saturated carbocycles. The van der Waals surface area contributed by atoms with Crippen molar-refractivity contribution < 1.29 is 28.6 Å². The van der Waals surface area contributed by atoms with E-state index in [0.717, 1.165) is 4.47 Å². The molecule has 8 heteroatoms. The van der Waals surface area contributed by atoms with Crippen molar-refractivity contribution in [1.82, 2.24) is 0 Å². The van der Waals surface area contributed by atoms with Gasteiger partial charge in [-0.25, -0.2) is 0 Å². The highest BCUT2D eigenvalue weighted by Gasteiger charge is 2.37. The summed E-state index contributed by atoms with van der Waals surface area (Å²) in [6.45, 7) is -0.205. The second-order valence-electron chi connectivity index (χ2n) is 6.48. The Hall–Kier alpha value is -2.87. The van der Waals surface area contributed by atoms with E-state index in [9.17, 15) is 14.4 Å².